The Balaban J connectivity index is 0.000000217. The molecule has 0 N–H and O–H groups in total. The topological polar surface area (TPSA) is 95.5 Å². The molecule has 0 saturated carbocycles. The van der Waals surface area contributed by atoms with Crippen LogP contribution in [0.15, 0.2) is 139 Å². The molecule has 0 amide bonds. The minimum absolute atomic E-state index is 0. The summed E-state index contributed by atoms with van der Waals surface area (Å²) in [6.45, 7) is 7.02. The number of hydrogen-bond donors (Lipinski definition) is 0. The quantitative estimate of drug-likeness (QED) is 0.111. The first-order valence-corrected chi connectivity index (χ1v) is 20.1. The van der Waals surface area contributed by atoms with Gasteiger partial charge in [0.25, 0.3) is 0 Å². The summed E-state index contributed by atoms with van der Waals surface area (Å²) in [6, 6.07) is 50.5. The molecule has 5 aromatic carbocycles. The molecule has 0 radical (unpaired) electrons. The average Bonchev–Trinajstić information content (AvgIpc) is 3.58. The molecule has 7 rings (SSSR count). The minimum Gasteiger partial charge on any atom is -0.305 e. The van der Waals surface area contributed by atoms with Gasteiger partial charge in [-0.2, -0.15) is 18.2 Å². The summed E-state index contributed by atoms with van der Waals surface area (Å²) in [5.74, 6) is 0. The fourth-order valence-corrected chi connectivity index (χ4v) is 14.5. The van der Waals surface area contributed by atoms with Gasteiger partial charge in [0.2, 0.25) is 0 Å². The van der Waals surface area contributed by atoms with E-state index in [1.54, 1.807) is 16.5 Å². The van der Waals surface area contributed by atoms with Crippen LogP contribution in [-0.2, 0) is 20.4 Å². The Bertz CT molecular complexity index is 1760. The Kier molecular flexibility index (Phi) is 14.3. The summed E-state index contributed by atoms with van der Waals surface area (Å²) >= 11 is 0. The summed E-state index contributed by atoms with van der Waals surface area (Å²) < 4.78 is 34.0. The van der Waals surface area contributed by atoms with Crippen LogP contribution in [0.3, 0.4) is 0 Å². The van der Waals surface area contributed by atoms with E-state index in [0.717, 1.165) is 17.0 Å². The number of allylic oxidation sites excluding steroid dienone is 2. The van der Waals surface area contributed by atoms with Crippen molar-refractivity contribution in [1.29, 1.82) is 0 Å². The molecule has 2 aliphatic rings. The van der Waals surface area contributed by atoms with Crippen molar-refractivity contribution in [3.05, 3.63) is 150 Å². The van der Waals surface area contributed by atoms with Gasteiger partial charge < -0.3 is 4.90 Å². The van der Waals surface area contributed by atoms with Gasteiger partial charge in [-0.05, 0) is 70.8 Å². The number of hydrogen-bond acceptors (Lipinski definition) is 5. The van der Waals surface area contributed by atoms with Crippen LogP contribution in [-0.4, -0.2) is 36.0 Å². The maximum absolute atomic E-state index is 8.49. The van der Waals surface area contributed by atoms with Crippen molar-refractivity contribution in [1.82, 2.24) is 4.90 Å². The third-order valence-electron chi connectivity index (χ3n) is 9.41. The van der Waals surface area contributed by atoms with Crippen molar-refractivity contribution >= 4 is 42.5 Å². The fraction of sp³-hybridized carbons (Fsp3) is 0.250. The van der Waals surface area contributed by atoms with Gasteiger partial charge in [-0.3, -0.25) is 0 Å². The molecule has 2 heterocycles. The van der Waals surface area contributed by atoms with Gasteiger partial charge in [0.1, 0.15) is 0 Å². The van der Waals surface area contributed by atoms with Crippen LogP contribution >= 0.6 is 15.8 Å². The smallest absolute Gasteiger partial charge is 0.305 e. The Labute approximate surface area is 309 Å². The standard InChI is InChI=1S/C26H26P2.C14H16N.ClHO4.Pd/c1-19-20(2)26-25(18-24(19)28(26)23-16-10-5-11-17-23)27(21-12-6-3-7-13-21)22-14-8-4-9-15-22;1-11(15(2)3)13-9-8-12-6-4-5-7-14(12)10-13;2-1(3,4)5;/h3-17,24-26H,18H2,1-2H3;4-8,10-11H,1-3H3;(H,2,3,4,5);/q;-1;;+2/p-1/t24-,25-,26-,28?;11-;;/m10../s1. The van der Waals surface area contributed by atoms with Crippen LogP contribution in [0, 0.1) is 16.3 Å². The van der Waals surface area contributed by atoms with Gasteiger partial charge in [0.05, 0.1) is 0 Å². The van der Waals surface area contributed by atoms with E-state index < -0.39 is 10.2 Å². The molecule has 49 heavy (non-hydrogen) atoms. The average molecular weight is 805 g/mol. The van der Waals surface area contributed by atoms with Gasteiger partial charge in [0.15, 0.2) is 0 Å². The molecule has 1 fully saturated rings. The van der Waals surface area contributed by atoms with E-state index in [9.17, 15) is 0 Å². The third-order valence-corrected chi connectivity index (χ3v) is 16.0. The largest absolute Gasteiger partial charge is 2.00 e. The summed E-state index contributed by atoms with van der Waals surface area (Å²) in [7, 11) is -1.25. The molecule has 5 nitrogen and oxygen atoms in total. The van der Waals surface area contributed by atoms with Gasteiger partial charge in [0, 0.05) is 17.4 Å². The van der Waals surface area contributed by atoms with Crippen LogP contribution in [0.4, 0.5) is 0 Å². The van der Waals surface area contributed by atoms with Crippen molar-refractivity contribution in [2.75, 3.05) is 14.1 Å². The molecule has 1 unspecified atom stereocenters. The Hall–Kier alpha value is -2.29. The monoisotopic (exact) mass is 803 g/mol. The molecule has 258 valence electrons. The van der Waals surface area contributed by atoms with E-state index in [2.05, 4.69) is 173 Å². The molecule has 0 spiro atoms. The normalized spacial score (nSPS) is 20.3. The van der Waals surface area contributed by atoms with E-state index >= 15 is 0 Å². The van der Waals surface area contributed by atoms with E-state index in [1.807, 2.05) is 0 Å². The Morgan fingerprint density at radius 3 is 1.71 bits per heavy atom. The van der Waals surface area contributed by atoms with Crippen LogP contribution < -0.4 is 34.5 Å². The molecule has 5 aromatic rings. The predicted octanol–water partition coefficient (Wildman–Crippen LogP) is 4.29. The fourth-order valence-electron chi connectivity index (χ4n) is 6.79. The zero-order chi connectivity index (χ0) is 34.4. The van der Waals surface area contributed by atoms with Crippen molar-refractivity contribution in [3.63, 3.8) is 0 Å². The Morgan fingerprint density at radius 2 is 1.20 bits per heavy atom. The van der Waals surface area contributed by atoms with Crippen LogP contribution in [0.1, 0.15) is 38.8 Å². The second-order valence-electron chi connectivity index (χ2n) is 12.4. The van der Waals surface area contributed by atoms with E-state index in [0.29, 0.717) is 6.04 Å². The van der Waals surface area contributed by atoms with Gasteiger partial charge in [-0.15, -0.1) is 32.6 Å². The van der Waals surface area contributed by atoms with E-state index in [1.165, 1.54) is 33.4 Å². The first kappa shape index (κ1) is 39.5. The number of halogens is 1. The van der Waals surface area contributed by atoms with Crippen LogP contribution in [0.5, 0.6) is 0 Å². The maximum Gasteiger partial charge on any atom is 2.00 e. The molecule has 0 aliphatic carbocycles. The van der Waals surface area contributed by atoms with E-state index in [4.69, 9.17) is 18.6 Å². The Morgan fingerprint density at radius 1 is 0.735 bits per heavy atom. The molecule has 2 aliphatic heterocycles. The predicted molar refractivity (Wildman–Crippen MR) is 191 cm³/mol. The van der Waals surface area contributed by atoms with Gasteiger partial charge in [-0.25, -0.2) is 18.6 Å². The number of benzene rings is 5. The van der Waals surface area contributed by atoms with Crippen molar-refractivity contribution in [3.8, 4) is 0 Å². The minimum atomic E-state index is -4.94. The maximum atomic E-state index is 8.49. The number of rotatable bonds is 6. The van der Waals surface area contributed by atoms with Crippen LogP contribution in [0.2, 0.25) is 0 Å². The van der Waals surface area contributed by atoms with E-state index in [-0.39, 0.29) is 36.3 Å². The summed E-state index contributed by atoms with van der Waals surface area (Å²) in [6.07, 6.45) is 1.35. The first-order valence-electron chi connectivity index (χ1n) is 16.0. The number of fused-ring (bicyclic) bond motifs is 3. The molecule has 0 aromatic heterocycles. The summed E-state index contributed by atoms with van der Waals surface area (Å²) in [4.78, 5) is 2.20. The molecule has 1 saturated heterocycles. The summed E-state index contributed by atoms with van der Waals surface area (Å²) in [5, 5.41) is 7.22. The van der Waals surface area contributed by atoms with Crippen LogP contribution in [0.25, 0.3) is 10.8 Å². The summed E-state index contributed by atoms with van der Waals surface area (Å²) in [5.41, 5.74) is 6.88. The third kappa shape index (κ3) is 9.95. The van der Waals surface area contributed by atoms with Crippen molar-refractivity contribution in [2.45, 2.75) is 50.2 Å². The molecular weight excluding hydrogens is 762 g/mol. The van der Waals surface area contributed by atoms with Crippen molar-refractivity contribution in [2.24, 2.45) is 0 Å². The van der Waals surface area contributed by atoms with Gasteiger partial charge in [-0.1, -0.05) is 128 Å². The molecule has 5 atom stereocenters. The SMILES string of the molecule is CC1=C(C)[C@@H]2[C@H](P(c3ccccc3)c3ccccc3)C[C@H]1P2c1ccccc1.C[C@@H](c1[c-]cc2ccccc2c1)N(C)C.[O-][Cl+3]([O-])([O-])[O-].[Pd+2]. The molecular formula is C40H42ClNO4P2Pd. The first-order chi connectivity index (χ1) is 22.9. The zero-order valence-corrected chi connectivity index (χ0v) is 32.4. The molecule has 2 bridgehead atoms. The number of nitrogens with zero attached hydrogens (tertiary/aromatic N) is 1. The second kappa shape index (κ2) is 17.8. The second-order valence-corrected chi connectivity index (χ2v) is 18.2. The van der Waals surface area contributed by atoms with Gasteiger partial charge >= 0.3 is 20.4 Å². The molecule has 9 heteroatoms. The zero-order valence-electron chi connectivity index (χ0n) is 28.3. The van der Waals surface area contributed by atoms with Crippen molar-refractivity contribution < 1.29 is 49.3 Å².